The second kappa shape index (κ2) is 13.7. The first-order valence-corrected chi connectivity index (χ1v) is 15.9. The molecule has 0 saturated carbocycles. The predicted molar refractivity (Wildman–Crippen MR) is 174 cm³/mol. The highest BCUT2D eigenvalue weighted by molar-refractivity contribution is 5.68. The number of hydrogen-bond acceptors (Lipinski definition) is 10. The van der Waals surface area contributed by atoms with E-state index in [1.54, 1.807) is 41.6 Å². The quantitative estimate of drug-likeness (QED) is 0.292. The third-order valence-corrected chi connectivity index (χ3v) is 8.27. The van der Waals surface area contributed by atoms with Crippen LogP contribution in [0.25, 0.3) is 22.4 Å². The minimum Gasteiger partial charge on any atom is -0.444 e. The normalized spacial score (nSPS) is 17.4. The van der Waals surface area contributed by atoms with Crippen molar-refractivity contribution in [1.29, 1.82) is 5.26 Å². The topological polar surface area (TPSA) is 144 Å². The highest BCUT2D eigenvalue weighted by Gasteiger charge is 2.27. The van der Waals surface area contributed by atoms with Crippen molar-refractivity contribution in [2.75, 3.05) is 37.7 Å². The standard InChI is InChI=1S/C34H39N9O4/c1-34(2,3)47-33(45)40-11-9-24(10-12-40)20-42-21-28(19-38-42)27-17-36-32(37-18-27)41-13-14-46-29(22-41)23-43-31(44)8-7-30(39-43)26-6-4-5-25(15-26)16-35/h4-8,15,17-19,21,24,29H,9-14,20,22-23H2,1-3H3/t29-/m0/s1. The molecule has 13 nitrogen and oxygen atoms in total. The Hall–Kier alpha value is -5.09. The van der Waals surface area contributed by atoms with E-state index in [0.29, 0.717) is 55.9 Å². The zero-order valence-electron chi connectivity index (χ0n) is 27.0. The third kappa shape index (κ3) is 8.01. The molecule has 244 valence electrons. The minimum atomic E-state index is -0.492. The number of amides is 1. The van der Waals surface area contributed by atoms with E-state index in [1.807, 2.05) is 43.9 Å². The lowest BCUT2D eigenvalue weighted by atomic mass is 9.97. The summed E-state index contributed by atoms with van der Waals surface area (Å²) in [5.41, 5.74) is 3.00. The van der Waals surface area contributed by atoms with Crippen molar-refractivity contribution in [3.05, 3.63) is 77.1 Å². The number of likely N-dealkylation sites (tertiary alicyclic amines) is 1. The highest BCUT2D eigenvalue weighted by Crippen LogP contribution is 2.24. The van der Waals surface area contributed by atoms with Gasteiger partial charge in [-0.3, -0.25) is 9.48 Å². The molecule has 0 aliphatic carbocycles. The molecular weight excluding hydrogens is 598 g/mol. The lowest BCUT2D eigenvalue weighted by molar-refractivity contribution is 0.0177. The number of aromatic nitrogens is 6. The van der Waals surface area contributed by atoms with Crippen molar-refractivity contribution in [3.8, 4) is 28.5 Å². The summed E-state index contributed by atoms with van der Waals surface area (Å²) in [5, 5.41) is 18.4. The van der Waals surface area contributed by atoms with Gasteiger partial charge in [-0.05, 0) is 57.7 Å². The summed E-state index contributed by atoms with van der Waals surface area (Å²) in [6.45, 7) is 9.68. The van der Waals surface area contributed by atoms with Gasteiger partial charge >= 0.3 is 6.09 Å². The molecule has 47 heavy (non-hydrogen) atoms. The second-order valence-corrected chi connectivity index (χ2v) is 13.0. The maximum absolute atomic E-state index is 12.6. The van der Waals surface area contributed by atoms with Gasteiger partial charge in [0.15, 0.2) is 0 Å². The number of hydrogen-bond donors (Lipinski definition) is 0. The van der Waals surface area contributed by atoms with Crippen LogP contribution in [0.4, 0.5) is 10.7 Å². The van der Waals surface area contributed by atoms with Gasteiger partial charge in [-0.1, -0.05) is 12.1 Å². The predicted octanol–water partition coefficient (Wildman–Crippen LogP) is 3.99. The lowest BCUT2D eigenvalue weighted by Crippen LogP contribution is -2.46. The number of piperidine rings is 1. The lowest BCUT2D eigenvalue weighted by Gasteiger charge is -2.33. The number of anilines is 1. The van der Waals surface area contributed by atoms with Gasteiger partial charge in [-0.2, -0.15) is 15.5 Å². The highest BCUT2D eigenvalue weighted by atomic mass is 16.6. The molecule has 13 heteroatoms. The van der Waals surface area contributed by atoms with Crippen molar-refractivity contribution < 1.29 is 14.3 Å². The van der Waals surface area contributed by atoms with Crippen molar-refractivity contribution in [1.82, 2.24) is 34.4 Å². The van der Waals surface area contributed by atoms with Crippen LogP contribution in [0.2, 0.25) is 0 Å². The Morgan fingerprint density at radius 1 is 1.02 bits per heavy atom. The van der Waals surface area contributed by atoms with Crippen molar-refractivity contribution >= 4 is 12.0 Å². The molecule has 2 saturated heterocycles. The summed E-state index contributed by atoms with van der Waals surface area (Å²) in [6, 6.07) is 12.4. The fraction of sp³-hybridized carbons (Fsp3) is 0.441. The van der Waals surface area contributed by atoms with Crippen LogP contribution in [0.3, 0.4) is 0 Å². The molecule has 0 radical (unpaired) electrons. The van der Waals surface area contributed by atoms with Gasteiger partial charge in [-0.15, -0.1) is 0 Å². The molecule has 5 heterocycles. The Bertz CT molecular complexity index is 1800. The summed E-state index contributed by atoms with van der Waals surface area (Å²) >= 11 is 0. The van der Waals surface area contributed by atoms with Crippen molar-refractivity contribution in [2.24, 2.45) is 5.92 Å². The largest absolute Gasteiger partial charge is 0.444 e. The number of benzene rings is 1. The van der Waals surface area contributed by atoms with Gasteiger partial charge in [-0.25, -0.2) is 19.4 Å². The summed E-state index contributed by atoms with van der Waals surface area (Å²) in [7, 11) is 0. The van der Waals surface area contributed by atoms with Crippen molar-refractivity contribution in [2.45, 2.75) is 58.4 Å². The molecule has 1 aromatic carbocycles. The molecule has 1 atom stereocenters. The van der Waals surface area contributed by atoms with Crippen LogP contribution in [0.5, 0.6) is 0 Å². The zero-order valence-corrected chi connectivity index (χ0v) is 27.0. The summed E-state index contributed by atoms with van der Waals surface area (Å²) in [5.74, 6) is 1.02. The number of rotatable bonds is 7. The molecule has 0 bridgehead atoms. The average molecular weight is 638 g/mol. The molecule has 6 rings (SSSR count). The molecule has 1 amide bonds. The first kappa shape index (κ1) is 31.9. The fourth-order valence-electron chi connectivity index (χ4n) is 5.82. The van der Waals surface area contributed by atoms with Gasteiger partial charge in [0, 0.05) is 74.1 Å². The van der Waals surface area contributed by atoms with Crippen LogP contribution in [0.15, 0.2) is 66.0 Å². The molecule has 2 aliphatic rings. The molecule has 2 fully saturated rings. The smallest absolute Gasteiger partial charge is 0.410 e. The van der Waals surface area contributed by atoms with Gasteiger partial charge < -0.3 is 19.3 Å². The fourth-order valence-corrected chi connectivity index (χ4v) is 5.82. The minimum absolute atomic E-state index is 0.224. The number of nitriles is 1. The van der Waals surface area contributed by atoms with E-state index in [9.17, 15) is 14.9 Å². The van der Waals surface area contributed by atoms with Crippen LogP contribution in [0, 0.1) is 17.2 Å². The molecule has 0 unspecified atom stereocenters. The van der Waals surface area contributed by atoms with Crippen LogP contribution in [-0.4, -0.2) is 85.0 Å². The Balaban J connectivity index is 1.04. The number of nitrogens with zero attached hydrogens (tertiary/aromatic N) is 9. The second-order valence-electron chi connectivity index (χ2n) is 13.0. The monoisotopic (exact) mass is 637 g/mol. The first-order valence-electron chi connectivity index (χ1n) is 15.9. The Labute approximate surface area is 273 Å². The Morgan fingerprint density at radius 3 is 2.55 bits per heavy atom. The maximum Gasteiger partial charge on any atom is 0.410 e. The average Bonchev–Trinajstić information content (AvgIpc) is 3.54. The Kier molecular flexibility index (Phi) is 9.31. The van der Waals surface area contributed by atoms with Gasteiger partial charge in [0.25, 0.3) is 5.56 Å². The van der Waals surface area contributed by atoms with Crippen LogP contribution in [-0.2, 0) is 22.6 Å². The van der Waals surface area contributed by atoms with E-state index in [-0.39, 0.29) is 24.3 Å². The van der Waals surface area contributed by atoms with E-state index < -0.39 is 5.60 Å². The van der Waals surface area contributed by atoms with Gasteiger partial charge in [0.1, 0.15) is 5.60 Å². The van der Waals surface area contributed by atoms with Crippen LogP contribution in [0.1, 0.15) is 39.2 Å². The van der Waals surface area contributed by atoms with E-state index >= 15 is 0 Å². The zero-order chi connectivity index (χ0) is 33.0. The number of ether oxygens (including phenoxy) is 2. The molecule has 2 aliphatic heterocycles. The third-order valence-electron chi connectivity index (χ3n) is 8.27. The summed E-state index contributed by atoms with van der Waals surface area (Å²) in [6.07, 6.45) is 8.72. The van der Waals surface area contributed by atoms with Crippen molar-refractivity contribution in [3.63, 3.8) is 0 Å². The van der Waals surface area contributed by atoms with Crippen LogP contribution < -0.4 is 10.5 Å². The van der Waals surface area contributed by atoms with E-state index in [0.717, 1.165) is 36.1 Å². The van der Waals surface area contributed by atoms with Gasteiger partial charge in [0.05, 0.1) is 42.8 Å². The summed E-state index contributed by atoms with van der Waals surface area (Å²) < 4.78 is 14.9. The molecule has 0 N–H and O–H groups in total. The number of morpholine rings is 1. The maximum atomic E-state index is 12.6. The number of carbonyl (C=O) groups excluding carboxylic acids is 1. The molecule has 4 aromatic rings. The molecular formula is C34H39N9O4. The van der Waals surface area contributed by atoms with E-state index in [2.05, 4.69) is 31.1 Å². The van der Waals surface area contributed by atoms with Crippen LogP contribution >= 0.6 is 0 Å². The molecule has 0 spiro atoms. The Morgan fingerprint density at radius 2 is 1.81 bits per heavy atom. The first-order chi connectivity index (χ1) is 22.6. The molecule has 3 aromatic heterocycles. The number of carbonyl (C=O) groups is 1. The SMILES string of the molecule is CC(C)(C)OC(=O)N1CCC(Cn2cc(-c3cnc(N4CCO[C@H](Cn5nc(-c6cccc(C#N)c6)ccc5=O)C4)nc3)cn2)CC1. The van der Waals surface area contributed by atoms with E-state index in [4.69, 9.17) is 9.47 Å². The summed E-state index contributed by atoms with van der Waals surface area (Å²) in [4.78, 5) is 38.2. The van der Waals surface area contributed by atoms with Gasteiger partial charge in [0.2, 0.25) is 5.95 Å². The van der Waals surface area contributed by atoms with E-state index in [1.165, 1.54) is 10.7 Å².